The molecule has 0 aliphatic carbocycles. The Balaban J connectivity index is 1.51. The molecule has 4 N–H and O–H groups in total. The molecule has 3 aromatic rings. The van der Waals surface area contributed by atoms with Gasteiger partial charge in [0.2, 0.25) is 0 Å². The van der Waals surface area contributed by atoms with Crippen LogP contribution >= 0.6 is 0 Å². The van der Waals surface area contributed by atoms with Gasteiger partial charge in [-0.3, -0.25) is 4.57 Å². The number of nitrogens with zero attached hydrogens (tertiary/aromatic N) is 3. The summed E-state index contributed by atoms with van der Waals surface area (Å²) >= 11 is 0. The zero-order valence-electron chi connectivity index (χ0n) is 18.8. The third-order valence-electron chi connectivity index (χ3n) is 6.17. The lowest BCUT2D eigenvalue weighted by Gasteiger charge is -2.40. The first-order valence-corrected chi connectivity index (χ1v) is 10.8. The van der Waals surface area contributed by atoms with Gasteiger partial charge in [-0.15, -0.1) is 5.10 Å². The van der Waals surface area contributed by atoms with Crippen molar-refractivity contribution in [2.45, 2.75) is 50.8 Å². The second-order valence-corrected chi connectivity index (χ2v) is 8.45. The molecule has 1 aliphatic rings. The quantitative estimate of drug-likeness (QED) is 0.438. The van der Waals surface area contributed by atoms with Gasteiger partial charge in [-0.1, -0.05) is 35.4 Å². The fourth-order valence-electron chi connectivity index (χ4n) is 3.91. The van der Waals surface area contributed by atoms with Gasteiger partial charge < -0.3 is 29.9 Å². The summed E-state index contributed by atoms with van der Waals surface area (Å²) in [6.07, 6.45) is -5.25. The van der Waals surface area contributed by atoms with Gasteiger partial charge in [0.1, 0.15) is 42.1 Å². The summed E-state index contributed by atoms with van der Waals surface area (Å²) in [6.45, 7) is 3.40. The number of hydrogen-bond acceptors (Lipinski definition) is 8. The molecule has 0 radical (unpaired) electrons. The van der Waals surface area contributed by atoms with Crippen LogP contribution < -0.4 is 4.74 Å². The summed E-state index contributed by atoms with van der Waals surface area (Å²) in [7, 11) is 1.84. The van der Waals surface area contributed by atoms with E-state index in [0.29, 0.717) is 23.7 Å². The second kappa shape index (κ2) is 9.58. The smallest absolute Gasteiger partial charge is 0.322 e. The summed E-state index contributed by atoms with van der Waals surface area (Å²) in [5.41, 5.74) is 3.83. The molecule has 176 valence electrons. The molecule has 9 heteroatoms. The van der Waals surface area contributed by atoms with E-state index in [0.717, 1.165) is 22.5 Å². The molecule has 2 heterocycles. The van der Waals surface area contributed by atoms with Gasteiger partial charge >= 0.3 is 6.01 Å². The largest absolute Gasteiger partial charge is 0.424 e. The third-order valence-corrected chi connectivity index (χ3v) is 6.17. The van der Waals surface area contributed by atoms with Gasteiger partial charge in [0, 0.05) is 7.05 Å². The molecule has 1 aliphatic heterocycles. The molecule has 33 heavy (non-hydrogen) atoms. The van der Waals surface area contributed by atoms with Crippen molar-refractivity contribution >= 4 is 0 Å². The van der Waals surface area contributed by atoms with Crippen molar-refractivity contribution in [2.75, 3.05) is 6.61 Å². The van der Waals surface area contributed by atoms with E-state index >= 15 is 0 Å². The van der Waals surface area contributed by atoms with E-state index in [4.69, 9.17) is 9.47 Å². The molecule has 0 amide bonds. The number of aryl methyl sites for hydroxylation is 2. The Morgan fingerprint density at radius 3 is 2.33 bits per heavy atom. The van der Waals surface area contributed by atoms with E-state index in [1.807, 2.05) is 63.4 Å². The zero-order valence-corrected chi connectivity index (χ0v) is 18.8. The van der Waals surface area contributed by atoms with Crippen molar-refractivity contribution in [3.8, 4) is 11.8 Å². The van der Waals surface area contributed by atoms with Crippen LogP contribution in [0.25, 0.3) is 0 Å². The van der Waals surface area contributed by atoms with Crippen LogP contribution in [-0.2, 0) is 18.2 Å². The number of hydrogen-bond donors (Lipinski definition) is 4. The average molecular weight is 456 g/mol. The minimum Gasteiger partial charge on any atom is -0.424 e. The Labute approximate surface area is 191 Å². The predicted octanol–water partition coefficient (Wildman–Crippen LogP) is 1.33. The predicted molar refractivity (Wildman–Crippen MR) is 119 cm³/mol. The van der Waals surface area contributed by atoms with Crippen LogP contribution in [0.5, 0.6) is 11.8 Å². The lowest BCUT2D eigenvalue weighted by atomic mass is 9.89. The SMILES string of the molecule is Cc1ccc([C@@H]2O[C@H](CO)[C@@H](O)C(O)[C@H]2O)cc1Cc1ccc(Oc2nnc(C)n2C)cc1. The molecule has 1 fully saturated rings. The normalized spacial score (nSPS) is 25.2. The van der Waals surface area contributed by atoms with E-state index < -0.39 is 37.1 Å². The molecule has 1 unspecified atom stereocenters. The summed E-state index contributed by atoms with van der Waals surface area (Å²) in [5.74, 6) is 1.41. The standard InChI is InChI=1S/C24H29N3O6/c1-13-4-7-16(23-22(31)21(30)20(29)19(12-28)33-23)11-17(13)10-15-5-8-18(9-6-15)32-24-26-25-14(2)27(24)3/h4-9,11,19-23,28-31H,10,12H2,1-3H3/t19-,20-,21?,22-,23+/m1/s1. The fourth-order valence-corrected chi connectivity index (χ4v) is 3.91. The van der Waals surface area contributed by atoms with Crippen molar-refractivity contribution < 1.29 is 29.9 Å². The molecule has 4 rings (SSSR count). The summed E-state index contributed by atoms with van der Waals surface area (Å²) < 4.78 is 13.3. The van der Waals surface area contributed by atoms with E-state index in [-0.39, 0.29) is 0 Å². The summed E-state index contributed by atoms with van der Waals surface area (Å²) in [6, 6.07) is 13.8. The molecular weight excluding hydrogens is 426 g/mol. The van der Waals surface area contributed by atoms with Gasteiger partial charge in [0.05, 0.1) is 6.61 Å². The monoisotopic (exact) mass is 455 g/mol. The summed E-state index contributed by atoms with van der Waals surface area (Å²) in [4.78, 5) is 0. The third kappa shape index (κ3) is 4.78. The summed E-state index contributed by atoms with van der Waals surface area (Å²) in [5, 5.41) is 48.1. The minimum atomic E-state index is -1.41. The molecule has 0 saturated carbocycles. The topological polar surface area (TPSA) is 130 Å². The van der Waals surface area contributed by atoms with Crippen LogP contribution in [-0.4, -0.2) is 66.2 Å². The number of aromatic nitrogens is 3. The lowest BCUT2D eigenvalue weighted by molar-refractivity contribution is -0.231. The maximum atomic E-state index is 10.5. The second-order valence-electron chi connectivity index (χ2n) is 8.45. The van der Waals surface area contributed by atoms with Gasteiger partial charge in [0.15, 0.2) is 0 Å². The van der Waals surface area contributed by atoms with Crippen molar-refractivity contribution in [3.63, 3.8) is 0 Å². The molecular formula is C24H29N3O6. The van der Waals surface area contributed by atoms with E-state index in [1.165, 1.54) is 0 Å². The Morgan fingerprint density at radius 2 is 1.70 bits per heavy atom. The van der Waals surface area contributed by atoms with Gasteiger partial charge in [0.25, 0.3) is 0 Å². The molecule has 1 saturated heterocycles. The van der Waals surface area contributed by atoms with Crippen LogP contribution in [0.4, 0.5) is 0 Å². The van der Waals surface area contributed by atoms with Crippen LogP contribution in [0.3, 0.4) is 0 Å². The van der Waals surface area contributed by atoms with Crippen molar-refractivity contribution in [1.29, 1.82) is 0 Å². The van der Waals surface area contributed by atoms with E-state index in [2.05, 4.69) is 10.2 Å². The number of aliphatic hydroxyl groups excluding tert-OH is 4. The van der Waals surface area contributed by atoms with Crippen LogP contribution in [0.1, 0.15) is 34.2 Å². The van der Waals surface area contributed by atoms with E-state index in [1.54, 1.807) is 4.57 Å². The minimum absolute atomic E-state index is 0.420. The Hall–Kier alpha value is -2.82. The van der Waals surface area contributed by atoms with Crippen LogP contribution in [0.2, 0.25) is 0 Å². The molecule has 1 aromatic heterocycles. The molecule has 5 atom stereocenters. The Morgan fingerprint density at radius 1 is 0.970 bits per heavy atom. The maximum Gasteiger partial charge on any atom is 0.322 e. The van der Waals surface area contributed by atoms with Gasteiger partial charge in [-0.2, -0.15) is 0 Å². The van der Waals surface area contributed by atoms with Gasteiger partial charge in [-0.05, 0) is 54.7 Å². The first-order valence-electron chi connectivity index (χ1n) is 10.8. The number of aliphatic hydroxyl groups is 4. The highest BCUT2D eigenvalue weighted by molar-refractivity contribution is 5.38. The van der Waals surface area contributed by atoms with Gasteiger partial charge in [-0.25, -0.2) is 0 Å². The molecule has 9 nitrogen and oxygen atoms in total. The average Bonchev–Trinajstić information content (AvgIpc) is 3.13. The number of benzene rings is 2. The Kier molecular flexibility index (Phi) is 6.78. The van der Waals surface area contributed by atoms with Crippen LogP contribution in [0, 0.1) is 13.8 Å². The van der Waals surface area contributed by atoms with Crippen molar-refractivity contribution in [3.05, 3.63) is 70.5 Å². The highest BCUT2D eigenvalue weighted by Gasteiger charge is 2.43. The maximum absolute atomic E-state index is 10.5. The number of rotatable bonds is 6. The number of ether oxygens (including phenoxy) is 2. The van der Waals surface area contributed by atoms with Crippen molar-refractivity contribution in [1.82, 2.24) is 14.8 Å². The molecule has 2 aromatic carbocycles. The first-order chi connectivity index (χ1) is 15.8. The van der Waals surface area contributed by atoms with E-state index in [9.17, 15) is 20.4 Å². The lowest BCUT2D eigenvalue weighted by Crippen LogP contribution is -2.55. The Bertz CT molecular complexity index is 1100. The highest BCUT2D eigenvalue weighted by Crippen LogP contribution is 2.33. The van der Waals surface area contributed by atoms with Crippen molar-refractivity contribution in [2.24, 2.45) is 7.05 Å². The zero-order chi connectivity index (χ0) is 23.7. The molecule has 0 bridgehead atoms. The highest BCUT2D eigenvalue weighted by atomic mass is 16.5. The molecule has 0 spiro atoms. The first kappa shape index (κ1) is 23.3. The fraction of sp³-hybridized carbons (Fsp3) is 0.417. The van der Waals surface area contributed by atoms with Crippen LogP contribution in [0.15, 0.2) is 42.5 Å².